The minimum Gasteiger partial charge on any atom is -0.393 e. The van der Waals surface area contributed by atoms with Crippen molar-refractivity contribution in [1.82, 2.24) is 0 Å². The second-order valence-corrected chi connectivity index (χ2v) is 2.23. The summed E-state index contributed by atoms with van der Waals surface area (Å²) in [6.07, 6.45) is 5.55. The third-order valence-electron chi connectivity index (χ3n) is 1.20. The van der Waals surface area contributed by atoms with Gasteiger partial charge in [-0.05, 0) is 26.2 Å². The lowest BCUT2D eigenvalue weighted by Gasteiger charge is -2.00. The van der Waals surface area contributed by atoms with Gasteiger partial charge in [0.05, 0.1) is 6.10 Å². The molecule has 9 heavy (non-hydrogen) atoms. The number of allylic oxidation sites excluding steroid dienone is 1. The van der Waals surface area contributed by atoms with E-state index in [0.717, 1.165) is 25.7 Å². The average Bonchev–Trinajstić information content (AvgIpc) is 1.80. The Morgan fingerprint density at radius 3 is 2.56 bits per heavy atom. The largest absolute Gasteiger partial charge is 0.393 e. The van der Waals surface area contributed by atoms with Crippen LogP contribution in [0, 0.1) is 6.92 Å². The van der Waals surface area contributed by atoms with E-state index in [1.165, 1.54) is 0 Å². The molecule has 0 aromatic carbocycles. The first-order valence-corrected chi connectivity index (χ1v) is 3.39. The molecule has 0 heterocycles. The molecular weight excluding hydrogens is 112 g/mol. The molecule has 1 radical (unpaired) electrons. The Balaban J connectivity index is 2.82. The van der Waals surface area contributed by atoms with E-state index in [1.54, 1.807) is 0 Å². The predicted octanol–water partition coefficient (Wildman–Crippen LogP) is 1.93. The van der Waals surface area contributed by atoms with Crippen LogP contribution in [0.15, 0.2) is 12.7 Å². The van der Waals surface area contributed by atoms with Crippen LogP contribution in [0.2, 0.25) is 0 Å². The van der Waals surface area contributed by atoms with Gasteiger partial charge in [0.2, 0.25) is 0 Å². The van der Waals surface area contributed by atoms with Crippen LogP contribution in [-0.4, -0.2) is 11.2 Å². The van der Waals surface area contributed by atoms with Crippen LogP contribution in [0.1, 0.15) is 25.7 Å². The van der Waals surface area contributed by atoms with Gasteiger partial charge < -0.3 is 5.11 Å². The minimum atomic E-state index is -0.380. The standard InChI is InChI=1S/C8H15O/c1-3-4-5-6-7-8(2)9/h3,8-9H,1-2,4-7H2. The number of aliphatic hydroxyl groups is 1. The van der Waals surface area contributed by atoms with Crippen molar-refractivity contribution in [2.45, 2.75) is 31.8 Å². The lowest BCUT2D eigenvalue weighted by molar-refractivity contribution is 0.206. The van der Waals surface area contributed by atoms with Crippen molar-refractivity contribution in [2.75, 3.05) is 0 Å². The SMILES string of the molecule is [CH2]C(O)CCCCC=C. The van der Waals surface area contributed by atoms with E-state index in [9.17, 15) is 0 Å². The van der Waals surface area contributed by atoms with Crippen molar-refractivity contribution in [3.05, 3.63) is 19.6 Å². The molecule has 1 unspecified atom stereocenters. The molecule has 0 aromatic rings. The molecule has 0 aliphatic carbocycles. The summed E-state index contributed by atoms with van der Waals surface area (Å²) in [4.78, 5) is 0. The number of hydrogen-bond acceptors (Lipinski definition) is 1. The fourth-order valence-electron chi connectivity index (χ4n) is 0.669. The van der Waals surface area contributed by atoms with E-state index >= 15 is 0 Å². The molecule has 1 N–H and O–H groups in total. The number of hydrogen-bond donors (Lipinski definition) is 1. The van der Waals surface area contributed by atoms with Crippen molar-refractivity contribution in [3.8, 4) is 0 Å². The maximum atomic E-state index is 8.71. The molecule has 0 saturated carbocycles. The van der Waals surface area contributed by atoms with Gasteiger partial charge in [0.1, 0.15) is 0 Å². The van der Waals surface area contributed by atoms with E-state index in [-0.39, 0.29) is 6.10 Å². The Kier molecular flexibility index (Phi) is 5.64. The number of rotatable bonds is 5. The third kappa shape index (κ3) is 7.70. The van der Waals surface area contributed by atoms with Crippen molar-refractivity contribution < 1.29 is 5.11 Å². The minimum absolute atomic E-state index is 0.380. The lowest BCUT2D eigenvalue weighted by Crippen LogP contribution is -1.98. The van der Waals surface area contributed by atoms with E-state index in [1.807, 2.05) is 6.08 Å². The predicted molar refractivity (Wildman–Crippen MR) is 40.0 cm³/mol. The fourth-order valence-corrected chi connectivity index (χ4v) is 0.669. The summed E-state index contributed by atoms with van der Waals surface area (Å²) >= 11 is 0. The van der Waals surface area contributed by atoms with Gasteiger partial charge in [0.15, 0.2) is 0 Å². The lowest BCUT2D eigenvalue weighted by atomic mass is 10.1. The van der Waals surface area contributed by atoms with Gasteiger partial charge in [-0.1, -0.05) is 12.5 Å². The van der Waals surface area contributed by atoms with Crippen LogP contribution >= 0.6 is 0 Å². The van der Waals surface area contributed by atoms with Gasteiger partial charge in [-0.25, -0.2) is 0 Å². The summed E-state index contributed by atoms with van der Waals surface area (Å²) < 4.78 is 0. The first-order valence-electron chi connectivity index (χ1n) is 3.39. The quantitative estimate of drug-likeness (QED) is 0.442. The molecule has 0 spiro atoms. The second-order valence-electron chi connectivity index (χ2n) is 2.23. The van der Waals surface area contributed by atoms with Crippen LogP contribution in [0.5, 0.6) is 0 Å². The van der Waals surface area contributed by atoms with Gasteiger partial charge in [-0.2, -0.15) is 0 Å². The van der Waals surface area contributed by atoms with Gasteiger partial charge in [-0.3, -0.25) is 0 Å². The highest BCUT2D eigenvalue weighted by Crippen LogP contribution is 2.02. The molecule has 53 valence electrons. The van der Waals surface area contributed by atoms with Gasteiger partial charge in [-0.15, -0.1) is 6.58 Å². The monoisotopic (exact) mass is 127 g/mol. The van der Waals surface area contributed by atoms with Crippen LogP contribution in [0.4, 0.5) is 0 Å². The molecule has 0 aliphatic rings. The summed E-state index contributed by atoms with van der Waals surface area (Å²) in [7, 11) is 0. The number of aliphatic hydroxyl groups excluding tert-OH is 1. The molecular formula is C8H15O. The van der Waals surface area contributed by atoms with Crippen molar-refractivity contribution in [3.63, 3.8) is 0 Å². The van der Waals surface area contributed by atoms with Crippen molar-refractivity contribution >= 4 is 0 Å². The zero-order valence-corrected chi connectivity index (χ0v) is 5.84. The highest BCUT2D eigenvalue weighted by molar-refractivity contribution is 4.66. The Hall–Kier alpha value is -0.300. The average molecular weight is 127 g/mol. The van der Waals surface area contributed by atoms with E-state index in [0.29, 0.717) is 0 Å². The van der Waals surface area contributed by atoms with E-state index in [2.05, 4.69) is 13.5 Å². The Morgan fingerprint density at radius 1 is 1.44 bits per heavy atom. The molecule has 0 aliphatic heterocycles. The van der Waals surface area contributed by atoms with Gasteiger partial charge in [0.25, 0.3) is 0 Å². The highest BCUT2D eigenvalue weighted by atomic mass is 16.3. The second kappa shape index (κ2) is 5.83. The maximum absolute atomic E-state index is 8.71. The molecule has 0 fully saturated rings. The molecule has 1 nitrogen and oxygen atoms in total. The van der Waals surface area contributed by atoms with Crippen LogP contribution in [0.3, 0.4) is 0 Å². The van der Waals surface area contributed by atoms with Gasteiger partial charge in [0, 0.05) is 0 Å². The zero-order chi connectivity index (χ0) is 7.11. The van der Waals surface area contributed by atoms with Crippen molar-refractivity contribution in [1.29, 1.82) is 0 Å². The maximum Gasteiger partial charge on any atom is 0.0541 e. The number of unbranched alkanes of at least 4 members (excludes halogenated alkanes) is 2. The first-order chi connectivity index (χ1) is 4.27. The normalized spacial score (nSPS) is 13.1. The third-order valence-corrected chi connectivity index (χ3v) is 1.20. The highest BCUT2D eigenvalue weighted by Gasteiger charge is 1.92. The summed E-state index contributed by atoms with van der Waals surface area (Å²) in [5, 5.41) is 8.71. The first kappa shape index (κ1) is 8.70. The fraction of sp³-hybridized carbons (Fsp3) is 0.625. The van der Waals surface area contributed by atoms with Crippen molar-refractivity contribution in [2.24, 2.45) is 0 Å². The van der Waals surface area contributed by atoms with Crippen LogP contribution in [0.25, 0.3) is 0 Å². The Labute approximate surface area is 57.4 Å². The van der Waals surface area contributed by atoms with E-state index < -0.39 is 0 Å². The summed E-state index contributed by atoms with van der Waals surface area (Å²) in [6, 6.07) is 0. The molecule has 0 bridgehead atoms. The molecule has 0 saturated heterocycles. The molecule has 1 heteroatoms. The molecule has 0 aromatic heterocycles. The topological polar surface area (TPSA) is 20.2 Å². The Morgan fingerprint density at radius 2 is 2.11 bits per heavy atom. The summed E-state index contributed by atoms with van der Waals surface area (Å²) in [6.45, 7) is 7.07. The summed E-state index contributed by atoms with van der Waals surface area (Å²) in [5.41, 5.74) is 0. The van der Waals surface area contributed by atoms with Crippen LogP contribution < -0.4 is 0 Å². The van der Waals surface area contributed by atoms with Gasteiger partial charge >= 0.3 is 0 Å². The molecule has 0 amide bonds. The van der Waals surface area contributed by atoms with Crippen LogP contribution in [-0.2, 0) is 0 Å². The van der Waals surface area contributed by atoms with E-state index in [4.69, 9.17) is 5.11 Å². The smallest absolute Gasteiger partial charge is 0.0541 e. The summed E-state index contributed by atoms with van der Waals surface area (Å²) in [5.74, 6) is 0. The Bertz CT molecular complexity index is 67.0. The molecule has 0 rings (SSSR count). The molecule has 1 atom stereocenters. The zero-order valence-electron chi connectivity index (χ0n) is 5.84.